The minimum absolute atomic E-state index is 0.268. The zero-order chi connectivity index (χ0) is 13.0. The maximum absolute atomic E-state index is 5.30. The molecule has 2 N–H and O–H groups in total. The lowest BCUT2D eigenvalue weighted by Gasteiger charge is -2.34. The van der Waals surface area contributed by atoms with Crippen LogP contribution in [-0.2, 0) is 0 Å². The van der Waals surface area contributed by atoms with Gasteiger partial charge in [0, 0.05) is 8.80 Å². The van der Waals surface area contributed by atoms with Crippen molar-refractivity contribution in [3.05, 3.63) is 0 Å². The van der Waals surface area contributed by atoms with E-state index >= 15 is 0 Å². The summed E-state index contributed by atoms with van der Waals surface area (Å²) >= 11 is 0. The van der Waals surface area contributed by atoms with Crippen LogP contribution in [0.5, 0.6) is 0 Å². The molecule has 0 aromatic rings. The van der Waals surface area contributed by atoms with Crippen molar-refractivity contribution in [2.75, 3.05) is 32.7 Å². The summed E-state index contributed by atoms with van der Waals surface area (Å²) in [6, 6.07) is 1.41. The standard InChI is InChI=1S/C8H20N.C5H15NSi/c1-5-9(6-2,7-3)8-4;1-7(2)5-3-4-6/h5-8H2,1-4H3;7H,3-6H2,1-2H3/q+1;. The topological polar surface area (TPSA) is 26.0 Å². The third kappa shape index (κ3) is 9.37. The Balaban J connectivity index is 0. The summed E-state index contributed by atoms with van der Waals surface area (Å²) in [5, 5.41) is 0. The van der Waals surface area contributed by atoms with Crippen molar-refractivity contribution < 1.29 is 4.48 Å². The molecule has 0 radical (unpaired) electrons. The second-order valence-electron chi connectivity index (χ2n) is 4.93. The molecule has 0 aromatic carbocycles. The van der Waals surface area contributed by atoms with Crippen molar-refractivity contribution in [2.24, 2.45) is 5.73 Å². The van der Waals surface area contributed by atoms with Gasteiger partial charge in [-0.25, -0.2) is 0 Å². The molecule has 0 bridgehead atoms. The van der Waals surface area contributed by atoms with E-state index in [9.17, 15) is 0 Å². The lowest BCUT2D eigenvalue weighted by atomic mass is 10.3. The van der Waals surface area contributed by atoms with Crippen LogP contribution in [0, 0.1) is 0 Å². The highest BCUT2D eigenvalue weighted by Crippen LogP contribution is 2.03. The molecule has 0 aliphatic carbocycles. The van der Waals surface area contributed by atoms with Crippen LogP contribution in [0.2, 0.25) is 19.1 Å². The van der Waals surface area contributed by atoms with E-state index in [-0.39, 0.29) is 8.80 Å². The van der Waals surface area contributed by atoms with E-state index < -0.39 is 0 Å². The molecule has 0 heterocycles. The molecule has 0 amide bonds. The Morgan fingerprint density at radius 2 is 1.25 bits per heavy atom. The van der Waals surface area contributed by atoms with Crippen LogP contribution in [0.3, 0.4) is 0 Å². The second kappa shape index (κ2) is 11.6. The highest BCUT2D eigenvalue weighted by Gasteiger charge is 2.16. The minimum Gasteiger partial charge on any atom is -0.330 e. The fourth-order valence-electron chi connectivity index (χ4n) is 1.87. The molecule has 100 valence electrons. The first-order chi connectivity index (χ1) is 7.51. The molecular weight excluding hydrogens is 212 g/mol. The number of hydrogen-bond acceptors (Lipinski definition) is 1. The van der Waals surface area contributed by atoms with Crippen LogP contribution in [0.25, 0.3) is 0 Å². The summed E-state index contributed by atoms with van der Waals surface area (Å²) in [6.07, 6.45) is 1.24. The molecule has 0 saturated heterocycles. The summed E-state index contributed by atoms with van der Waals surface area (Å²) in [5.41, 5.74) is 5.30. The lowest BCUT2D eigenvalue weighted by Crippen LogP contribution is -2.47. The zero-order valence-corrected chi connectivity index (χ0v) is 13.7. The van der Waals surface area contributed by atoms with Gasteiger partial charge in [0.05, 0.1) is 26.2 Å². The number of nitrogens with zero attached hydrogens (tertiary/aromatic N) is 1. The predicted octanol–water partition coefficient (Wildman–Crippen LogP) is 2.70. The Labute approximate surface area is 105 Å². The highest BCUT2D eigenvalue weighted by molar-refractivity contribution is 6.55. The normalized spacial score (nSPS) is 11.2. The summed E-state index contributed by atoms with van der Waals surface area (Å²) in [7, 11) is -0.268. The van der Waals surface area contributed by atoms with E-state index in [2.05, 4.69) is 40.8 Å². The van der Waals surface area contributed by atoms with Gasteiger partial charge in [-0.15, -0.1) is 0 Å². The Bertz CT molecular complexity index is 116. The quantitative estimate of drug-likeness (QED) is 0.543. The Hall–Kier alpha value is 0.137. The Morgan fingerprint density at radius 1 is 0.875 bits per heavy atom. The van der Waals surface area contributed by atoms with Crippen LogP contribution >= 0.6 is 0 Å². The predicted molar refractivity (Wildman–Crippen MR) is 79.8 cm³/mol. The van der Waals surface area contributed by atoms with E-state index in [1.165, 1.54) is 43.1 Å². The lowest BCUT2D eigenvalue weighted by molar-refractivity contribution is -0.921. The molecule has 0 saturated carbocycles. The van der Waals surface area contributed by atoms with Crippen LogP contribution in [0.15, 0.2) is 0 Å². The van der Waals surface area contributed by atoms with Crippen LogP contribution in [-0.4, -0.2) is 46.0 Å². The molecule has 16 heavy (non-hydrogen) atoms. The van der Waals surface area contributed by atoms with Crippen LogP contribution in [0.1, 0.15) is 34.1 Å². The van der Waals surface area contributed by atoms with E-state index in [0.29, 0.717) is 0 Å². The van der Waals surface area contributed by atoms with Gasteiger partial charge < -0.3 is 10.2 Å². The van der Waals surface area contributed by atoms with Crippen molar-refractivity contribution in [3.8, 4) is 0 Å². The molecule has 0 rings (SSSR count). The van der Waals surface area contributed by atoms with Gasteiger partial charge >= 0.3 is 0 Å². The van der Waals surface area contributed by atoms with E-state index in [1.807, 2.05) is 0 Å². The van der Waals surface area contributed by atoms with Crippen molar-refractivity contribution in [3.63, 3.8) is 0 Å². The molecular formula is C13H35N2Si+. The largest absolute Gasteiger partial charge is 0.330 e. The first kappa shape index (κ1) is 18.5. The fourth-order valence-corrected chi connectivity index (χ4v) is 2.92. The molecule has 0 aliphatic rings. The van der Waals surface area contributed by atoms with Crippen molar-refractivity contribution >= 4 is 8.80 Å². The number of rotatable bonds is 7. The first-order valence-electron chi connectivity index (χ1n) is 7.06. The highest BCUT2D eigenvalue weighted by atomic mass is 28.3. The van der Waals surface area contributed by atoms with Gasteiger partial charge in [-0.2, -0.15) is 0 Å². The minimum atomic E-state index is -0.268. The van der Waals surface area contributed by atoms with Crippen molar-refractivity contribution in [1.82, 2.24) is 0 Å². The van der Waals surface area contributed by atoms with Crippen LogP contribution in [0.4, 0.5) is 0 Å². The van der Waals surface area contributed by atoms with Gasteiger partial charge in [-0.3, -0.25) is 0 Å². The maximum atomic E-state index is 5.30. The van der Waals surface area contributed by atoms with Crippen molar-refractivity contribution in [1.29, 1.82) is 0 Å². The average Bonchev–Trinajstić information content (AvgIpc) is 2.31. The maximum Gasteiger partial charge on any atom is 0.0757 e. The van der Waals surface area contributed by atoms with Gasteiger partial charge in [-0.1, -0.05) is 19.1 Å². The number of nitrogens with two attached hydrogens (primary N) is 1. The molecule has 0 aromatic heterocycles. The van der Waals surface area contributed by atoms with E-state index in [1.54, 1.807) is 0 Å². The van der Waals surface area contributed by atoms with Gasteiger partial charge in [-0.05, 0) is 40.7 Å². The van der Waals surface area contributed by atoms with Gasteiger partial charge in [0.2, 0.25) is 0 Å². The Morgan fingerprint density at radius 3 is 1.31 bits per heavy atom. The van der Waals surface area contributed by atoms with Gasteiger partial charge in [0.25, 0.3) is 0 Å². The summed E-state index contributed by atoms with van der Waals surface area (Å²) in [6.45, 7) is 19.8. The van der Waals surface area contributed by atoms with Gasteiger partial charge in [0.1, 0.15) is 0 Å². The molecule has 0 spiro atoms. The zero-order valence-electron chi connectivity index (χ0n) is 12.6. The Kier molecular flexibility index (Phi) is 13.4. The third-order valence-corrected chi connectivity index (χ3v) is 5.23. The fraction of sp³-hybridized carbons (Fsp3) is 1.00. The number of hydrogen-bond donors (Lipinski definition) is 1. The van der Waals surface area contributed by atoms with E-state index in [0.717, 1.165) is 6.54 Å². The molecule has 0 fully saturated rings. The monoisotopic (exact) mass is 247 g/mol. The molecule has 0 aliphatic heterocycles. The molecule has 2 nitrogen and oxygen atoms in total. The first-order valence-corrected chi connectivity index (χ1v) is 10.2. The molecule has 0 unspecified atom stereocenters. The third-order valence-electron chi connectivity index (χ3n) is 3.67. The molecule has 3 heteroatoms. The smallest absolute Gasteiger partial charge is 0.0757 e. The van der Waals surface area contributed by atoms with Crippen LogP contribution < -0.4 is 5.73 Å². The van der Waals surface area contributed by atoms with Crippen molar-refractivity contribution in [2.45, 2.75) is 53.3 Å². The summed E-state index contributed by atoms with van der Waals surface area (Å²) in [5.74, 6) is 0. The van der Waals surface area contributed by atoms with E-state index in [4.69, 9.17) is 5.73 Å². The average molecular weight is 248 g/mol. The second-order valence-corrected chi connectivity index (χ2v) is 8.30. The SMILES string of the molecule is CC[N+](CC)(CC)CC.C[SiH](C)CCCN. The van der Waals surface area contributed by atoms with Gasteiger partial charge in [0.15, 0.2) is 0 Å². The summed E-state index contributed by atoms with van der Waals surface area (Å²) < 4.78 is 1.28. The number of quaternary nitrogens is 1. The molecule has 0 atom stereocenters. The summed E-state index contributed by atoms with van der Waals surface area (Å²) in [4.78, 5) is 0.